The lowest BCUT2D eigenvalue weighted by Gasteiger charge is -2.38. The molecule has 1 fully saturated rings. The van der Waals surface area contributed by atoms with Crippen molar-refractivity contribution >= 4 is 11.5 Å². The molecule has 1 amide bonds. The van der Waals surface area contributed by atoms with Crippen LogP contribution in [0, 0.1) is 0 Å². The first kappa shape index (κ1) is 19.5. The minimum atomic E-state index is -0.282. The third-order valence-corrected chi connectivity index (χ3v) is 6.31. The van der Waals surface area contributed by atoms with Crippen LogP contribution < -0.4 is 10.5 Å². The highest BCUT2D eigenvalue weighted by atomic mass is 16.5. The molecule has 5 rings (SSSR count). The Hall–Kier alpha value is -3.45. The summed E-state index contributed by atoms with van der Waals surface area (Å²) in [6.07, 6.45) is 4.12. The number of allylic oxidation sites excluding steroid dienone is 1. The fourth-order valence-corrected chi connectivity index (χ4v) is 4.70. The molecule has 2 N–H and O–H groups in total. The number of hydrogen-bond acceptors (Lipinski definition) is 6. The largest absolute Gasteiger partial charge is 0.497 e. The van der Waals surface area contributed by atoms with Crippen molar-refractivity contribution in [2.24, 2.45) is 5.73 Å². The van der Waals surface area contributed by atoms with Gasteiger partial charge in [-0.05, 0) is 61.3 Å². The first-order valence-corrected chi connectivity index (χ1v) is 10.4. The molecule has 1 spiro atoms. The second-order valence-corrected chi connectivity index (χ2v) is 8.15. The molecule has 0 saturated carbocycles. The summed E-state index contributed by atoms with van der Waals surface area (Å²) in [5.41, 5.74) is 9.56. The second-order valence-electron chi connectivity index (χ2n) is 8.15. The van der Waals surface area contributed by atoms with E-state index in [2.05, 4.69) is 34.3 Å². The summed E-state index contributed by atoms with van der Waals surface area (Å²) in [5, 5.41) is 4.21. The topological polar surface area (TPSA) is 94.5 Å². The van der Waals surface area contributed by atoms with Crippen molar-refractivity contribution in [1.29, 1.82) is 0 Å². The van der Waals surface area contributed by atoms with Gasteiger partial charge in [0.15, 0.2) is 0 Å². The number of amides is 1. The number of primary amides is 1. The lowest BCUT2D eigenvalue weighted by Crippen LogP contribution is -2.44. The van der Waals surface area contributed by atoms with E-state index in [4.69, 9.17) is 20.0 Å². The summed E-state index contributed by atoms with van der Waals surface area (Å²) in [4.78, 5) is 18.1. The highest BCUT2D eigenvalue weighted by Crippen LogP contribution is 2.48. The lowest BCUT2D eigenvalue weighted by atomic mass is 9.74. The van der Waals surface area contributed by atoms with Gasteiger partial charge in [-0.25, -0.2) is 0 Å². The fraction of sp³-hybridized carbons (Fsp3) is 0.292. The van der Waals surface area contributed by atoms with Crippen LogP contribution in [-0.4, -0.2) is 47.7 Å². The van der Waals surface area contributed by atoms with Crippen molar-refractivity contribution in [3.8, 4) is 17.1 Å². The van der Waals surface area contributed by atoms with E-state index in [0.29, 0.717) is 18.3 Å². The van der Waals surface area contributed by atoms with Crippen molar-refractivity contribution in [2.75, 3.05) is 26.7 Å². The third-order valence-electron chi connectivity index (χ3n) is 6.31. The molecule has 2 aliphatic rings. The number of piperidine rings is 1. The quantitative estimate of drug-likeness (QED) is 0.687. The van der Waals surface area contributed by atoms with Crippen LogP contribution in [0.5, 0.6) is 5.75 Å². The van der Waals surface area contributed by atoms with Gasteiger partial charge in [0.2, 0.25) is 11.7 Å². The molecule has 1 saturated heterocycles. The van der Waals surface area contributed by atoms with Gasteiger partial charge in [-0.2, -0.15) is 4.98 Å². The number of likely N-dealkylation sites (tertiary alicyclic amines) is 1. The van der Waals surface area contributed by atoms with Gasteiger partial charge in [0, 0.05) is 16.6 Å². The smallest absolute Gasteiger partial charge is 0.258 e. The summed E-state index contributed by atoms with van der Waals surface area (Å²) in [6, 6.07) is 16.0. The highest BCUT2D eigenvalue weighted by molar-refractivity contribution is 5.84. The van der Waals surface area contributed by atoms with Crippen molar-refractivity contribution in [2.45, 2.75) is 18.3 Å². The van der Waals surface area contributed by atoms with Gasteiger partial charge in [-0.3, -0.25) is 9.69 Å². The number of benzene rings is 2. The summed E-state index contributed by atoms with van der Waals surface area (Å²) in [7, 11) is 1.64. The molecule has 158 valence electrons. The summed E-state index contributed by atoms with van der Waals surface area (Å²) in [6.45, 7) is 1.95. The van der Waals surface area contributed by atoms with Crippen LogP contribution in [0.15, 0.2) is 59.1 Å². The monoisotopic (exact) mass is 416 g/mol. The molecule has 2 aromatic carbocycles. The predicted molar refractivity (Wildman–Crippen MR) is 116 cm³/mol. The van der Waals surface area contributed by atoms with Gasteiger partial charge >= 0.3 is 0 Å². The van der Waals surface area contributed by atoms with Crippen LogP contribution in [0.3, 0.4) is 0 Å². The molecule has 0 atom stereocenters. The van der Waals surface area contributed by atoms with Crippen molar-refractivity contribution in [3.05, 3.63) is 71.6 Å². The first-order chi connectivity index (χ1) is 15.1. The lowest BCUT2D eigenvalue weighted by molar-refractivity contribution is -0.119. The Balaban J connectivity index is 1.46. The SMILES string of the molecule is COc1ccc(-c2noc(C3=CC4(CCN(CC(N)=O)CC4)c4ccccc43)n2)cc1. The Kier molecular flexibility index (Phi) is 4.82. The second kappa shape index (κ2) is 7.67. The van der Waals surface area contributed by atoms with Gasteiger partial charge in [0.25, 0.3) is 5.89 Å². The van der Waals surface area contributed by atoms with E-state index in [1.54, 1.807) is 7.11 Å². The summed E-state index contributed by atoms with van der Waals surface area (Å²) < 4.78 is 10.9. The molecule has 0 radical (unpaired) electrons. The Labute approximate surface area is 180 Å². The van der Waals surface area contributed by atoms with Crippen molar-refractivity contribution in [3.63, 3.8) is 0 Å². The van der Waals surface area contributed by atoms with Crippen LogP contribution in [-0.2, 0) is 10.2 Å². The number of hydrogen-bond donors (Lipinski definition) is 1. The molecule has 0 unspecified atom stereocenters. The molecule has 3 aromatic rings. The first-order valence-electron chi connectivity index (χ1n) is 10.4. The Bertz CT molecular complexity index is 1140. The minimum Gasteiger partial charge on any atom is -0.497 e. The standard InChI is InChI=1S/C24H24N4O3/c1-30-17-8-6-16(7-9-17)22-26-23(31-27-22)19-14-24(20-5-3-2-4-18(19)20)10-12-28(13-11-24)15-21(25)29/h2-9,14H,10-13,15H2,1H3,(H2,25,29). The van der Waals surface area contributed by atoms with Gasteiger partial charge in [0.1, 0.15) is 5.75 Å². The van der Waals surface area contributed by atoms with E-state index in [9.17, 15) is 4.79 Å². The van der Waals surface area contributed by atoms with E-state index in [1.807, 2.05) is 30.3 Å². The molecular weight excluding hydrogens is 392 g/mol. The van der Waals surface area contributed by atoms with Gasteiger partial charge in [0.05, 0.1) is 13.7 Å². The molecule has 0 bridgehead atoms. The number of aromatic nitrogens is 2. The highest BCUT2D eigenvalue weighted by Gasteiger charge is 2.42. The van der Waals surface area contributed by atoms with Gasteiger partial charge < -0.3 is 15.0 Å². The molecular formula is C24H24N4O3. The zero-order valence-electron chi connectivity index (χ0n) is 17.4. The summed E-state index contributed by atoms with van der Waals surface area (Å²) in [5.74, 6) is 1.57. The number of carbonyl (C=O) groups is 1. The Morgan fingerprint density at radius 2 is 1.90 bits per heavy atom. The Morgan fingerprint density at radius 1 is 1.16 bits per heavy atom. The molecule has 7 nitrogen and oxygen atoms in total. The van der Waals surface area contributed by atoms with Crippen LogP contribution >= 0.6 is 0 Å². The molecule has 1 aliphatic heterocycles. The fourth-order valence-electron chi connectivity index (χ4n) is 4.70. The van der Waals surface area contributed by atoms with E-state index >= 15 is 0 Å². The number of nitrogens with two attached hydrogens (primary N) is 1. The number of carbonyl (C=O) groups excluding carboxylic acids is 1. The summed E-state index contributed by atoms with van der Waals surface area (Å²) >= 11 is 0. The number of methoxy groups -OCH3 is 1. The Morgan fingerprint density at radius 3 is 2.61 bits per heavy atom. The average molecular weight is 416 g/mol. The van der Waals surface area contributed by atoms with E-state index in [0.717, 1.165) is 48.4 Å². The zero-order chi connectivity index (χ0) is 21.4. The maximum absolute atomic E-state index is 11.3. The minimum absolute atomic E-state index is 0.0885. The van der Waals surface area contributed by atoms with Crippen LogP contribution in [0.1, 0.15) is 29.9 Å². The number of nitrogens with zero attached hydrogens (tertiary/aromatic N) is 3. The molecule has 31 heavy (non-hydrogen) atoms. The number of ether oxygens (including phenoxy) is 1. The molecule has 7 heteroatoms. The number of rotatable bonds is 5. The maximum Gasteiger partial charge on any atom is 0.258 e. The average Bonchev–Trinajstić information content (AvgIpc) is 3.39. The van der Waals surface area contributed by atoms with E-state index in [-0.39, 0.29) is 11.3 Å². The van der Waals surface area contributed by atoms with Crippen LogP contribution in [0.2, 0.25) is 0 Å². The van der Waals surface area contributed by atoms with E-state index < -0.39 is 0 Å². The van der Waals surface area contributed by atoms with Crippen molar-refractivity contribution < 1.29 is 14.1 Å². The molecule has 1 aliphatic carbocycles. The normalized spacial score (nSPS) is 17.4. The predicted octanol–water partition coefficient (Wildman–Crippen LogP) is 3.01. The third kappa shape index (κ3) is 3.51. The number of fused-ring (bicyclic) bond motifs is 2. The van der Waals surface area contributed by atoms with Crippen LogP contribution in [0.25, 0.3) is 17.0 Å². The van der Waals surface area contributed by atoms with Crippen LogP contribution in [0.4, 0.5) is 0 Å². The van der Waals surface area contributed by atoms with E-state index in [1.165, 1.54) is 5.56 Å². The zero-order valence-corrected chi connectivity index (χ0v) is 17.4. The molecule has 2 heterocycles. The molecule has 1 aromatic heterocycles. The van der Waals surface area contributed by atoms with Crippen molar-refractivity contribution in [1.82, 2.24) is 15.0 Å². The van der Waals surface area contributed by atoms with Gasteiger partial charge in [-0.15, -0.1) is 0 Å². The maximum atomic E-state index is 11.3. The van der Waals surface area contributed by atoms with Gasteiger partial charge in [-0.1, -0.05) is 35.5 Å².